The molecule has 1 aromatic carbocycles. The first kappa shape index (κ1) is 15.8. The van der Waals surface area contributed by atoms with Crippen LogP contribution in [0, 0.1) is 11.3 Å². The fourth-order valence-corrected chi connectivity index (χ4v) is 2.75. The maximum absolute atomic E-state index is 8.77. The standard InChI is InChI=1S/C17H25N3O/c1-2-10-20(14-16-4-3-9-19-16)11-12-21-17-7-5-15(13-18)6-8-17/h5-8,16,19H,2-4,9-12,14H2,1H3. The van der Waals surface area contributed by atoms with E-state index in [0.717, 1.165) is 31.9 Å². The van der Waals surface area contributed by atoms with Gasteiger partial charge in [0.05, 0.1) is 11.6 Å². The molecule has 1 saturated heterocycles. The van der Waals surface area contributed by atoms with E-state index in [1.54, 1.807) is 12.1 Å². The van der Waals surface area contributed by atoms with Crippen LogP contribution in [0.15, 0.2) is 24.3 Å². The van der Waals surface area contributed by atoms with Crippen LogP contribution in [0.4, 0.5) is 0 Å². The number of nitrogens with zero attached hydrogens (tertiary/aromatic N) is 2. The summed E-state index contributed by atoms with van der Waals surface area (Å²) in [7, 11) is 0. The highest BCUT2D eigenvalue weighted by atomic mass is 16.5. The largest absolute Gasteiger partial charge is 0.492 e. The van der Waals surface area contributed by atoms with Crippen LogP contribution >= 0.6 is 0 Å². The molecule has 1 aliphatic rings. The molecule has 0 spiro atoms. The van der Waals surface area contributed by atoms with Crippen molar-refractivity contribution in [3.05, 3.63) is 29.8 Å². The van der Waals surface area contributed by atoms with Crippen LogP contribution < -0.4 is 10.1 Å². The molecule has 1 atom stereocenters. The van der Waals surface area contributed by atoms with Gasteiger partial charge < -0.3 is 10.1 Å². The summed E-state index contributed by atoms with van der Waals surface area (Å²) in [5.74, 6) is 0.837. The normalized spacial score (nSPS) is 17.9. The number of nitrogens with one attached hydrogen (secondary N) is 1. The number of hydrogen-bond donors (Lipinski definition) is 1. The van der Waals surface area contributed by atoms with Crippen molar-refractivity contribution in [1.82, 2.24) is 10.2 Å². The lowest BCUT2D eigenvalue weighted by Crippen LogP contribution is -2.39. The molecule has 21 heavy (non-hydrogen) atoms. The minimum atomic E-state index is 0.645. The first-order valence-corrected chi connectivity index (χ1v) is 7.90. The van der Waals surface area contributed by atoms with Crippen molar-refractivity contribution in [2.75, 3.05) is 32.8 Å². The Morgan fingerprint density at radius 1 is 1.33 bits per heavy atom. The molecule has 0 aromatic heterocycles. The Bertz CT molecular complexity index is 446. The Balaban J connectivity index is 1.73. The fourth-order valence-electron chi connectivity index (χ4n) is 2.75. The van der Waals surface area contributed by atoms with Crippen molar-refractivity contribution < 1.29 is 4.74 Å². The van der Waals surface area contributed by atoms with Gasteiger partial charge in [0.2, 0.25) is 0 Å². The van der Waals surface area contributed by atoms with Crippen LogP contribution in [-0.4, -0.2) is 43.7 Å². The first-order valence-electron chi connectivity index (χ1n) is 7.90. The summed E-state index contributed by atoms with van der Waals surface area (Å²) in [6.45, 7) is 7.26. The molecule has 4 nitrogen and oxygen atoms in total. The molecule has 0 aliphatic carbocycles. The van der Waals surface area contributed by atoms with Crippen LogP contribution in [0.25, 0.3) is 0 Å². The van der Waals surface area contributed by atoms with Gasteiger partial charge in [0.25, 0.3) is 0 Å². The summed E-state index contributed by atoms with van der Waals surface area (Å²) in [5.41, 5.74) is 0.669. The van der Waals surface area contributed by atoms with Crippen molar-refractivity contribution in [1.29, 1.82) is 5.26 Å². The minimum absolute atomic E-state index is 0.645. The molecule has 0 amide bonds. The topological polar surface area (TPSA) is 48.3 Å². The van der Waals surface area contributed by atoms with Gasteiger partial charge in [-0.2, -0.15) is 5.26 Å². The zero-order valence-electron chi connectivity index (χ0n) is 12.8. The van der Waals surface area contributed by atoms with Gasteiger partial charge in [-0.15, -0.1) is 0 Å². The third-order valence-electron chi connectivity index (χ3n) is 3.84. The van der Waals surface area contributed by atoms with Crippen LogP contribution in [-0.2, 0) is 0 Å². The Labute approximate surface area is 127 Å². The number of hydrogen-bond acceptors (Lipinski definition) is 4. The van der Waals surface area contributed by atoms with E-state index in [2.05, 4.69) is 23.2 Å². The van der Waals surface area contributed by atoms with E-state index in [1.165, 1.54) is 19.3 Å². The van der Waals surface area contributed by atoms with Gasteiger partial charge in [0.15, 0.2) is 0 Å². The van der Waals surface area contributed by atoms with E-state index in [4.69, 9.17) is 10.00 Å². The Morgan fingerprint density at radius 3 is 2.76 bits per heavy atom. The van der Waals surface area contributed by atoms with Gasteiger partial charge in [-0.25, -0.2) is 0 Å². The van der Waals surface area contributed by atoms with E-state index >= 15 is 0 Å². The lowest BCUT2D eigenvalue weighted by Gasteiger charge is -2.25. The Kier molecular flexibility index (Phi) is 6.52. The quantitative estimate of drug-likeness (QED) is 0.797. The molecule has 1 aromatic rings. The van der Waals surface area contributed by atoms with Gasteiger partial charge in [0, 0.05) is 19.1 Å². The molecule has 1 heterocycles. The van der Waals surface area contributed by atoms with Crippen molar-refractivity contribution in [3.8, 4) is 11.8 Å². The molecule has 1 unspecified atom stereocenters. The SMILES string of the molecule is CCCN(CCOc1ccc(C#N)cc1)CC1CCCN1. The molecule has 1 fully saturated rings. The summed E-state index contributed by atoms with van der Waals surface area (Å²) < 4.78 is 5.78. The second-order valence-electron chi connectivity index (χ2n) is 5.58. The highest BCUT2D eigenvalue weighted by molar-refractivity contribution is 5.34. The Morgan fingerprint density at radius 2 is 2.14 bits per heavy atom. The van der Waals surface area contributed by atoms with Gasteiger partial charge in [-0.05, 0) is 56.6 Å². The second kappa shape index (κ2) is 8.66. The molecule has 114 valence electrons. The highest BCUT2D eigenvalue weighted by Gasteiger charge is 2.17. The smallest absolute Gasteiger partial charge is 0.119 e. The van der Waals surface area contributed by atoms with E-state index in [1.807, 2.05) is 12.1 Å². The lowest BCUT2D eigenvalue weighted by atomic mass is 10.2. The summed E-state index contributed by atoms with van der Waals surface area (Å²) in [4.78, 5) is 2.48. The van der Waals surface area contributed by atoms with Crippen LogP contribution in [0.2, 0.25) is 0 Å². The molecular weight excluding hydrogens is 262 g/mol. The van der Waals surface area contributed by atoms with Gasteiger partial charge in [-0.1, -0.05) is 6.92 Å². The van der Waals surface area contributed by atoms with Gasteiger partial charge >= 0.3 is 0 Å². The second-order valence-corrected chi connectivity index (χ2v) is 5.58. The van der Waals surface area contributed by atoms with E-state index < -0.39 is 0 Å². The molecule has 1 N–H and O–H groups in total. The monoisotopic (exact) mass is 287 g/mol. The van der Waals surface area contributed by atoms with Gasteiger partial charge in [0.1, 0.15) is 12.4 Å². The number of benzene rings is 1. The molecular formula is C17H25N3O. The molecule has 0 saturated carbocycles. The third-order valence-corrected chi connectivity index (χ3v) is 3.84. The van der Waals surface area contributed by atoms with Crippen molar-refractivity contribution in [2.24, 2.45) is 0 Å². The molecule has 0 bridgehead atoms. The molecule has 2 rings (SSSR count). The first-order chi connectivity index (χ1) is 10.3. The third kappa shape index (κ3) is 5.37. The lowest BCUT2D eigenvalue weighted by molar-refractivity contribution is 0.196. The van der Waals surface area contributed by atoms with E-state index in [9.17, 15) is 0 Å². The number of rotatable bonds is 8. The summed E-state index contributed by atoms with van der Waals surface area (Å²) in [6.07, 6.45) is 3.76. The minimum Gasteiger partial charge on any atom is -0.492 e. The summed E-state index contributed by atoms with van der Waals surface area (Å²) >= 11 is 0. The van der Waals surface area contributed by atoms with Crippen LogP contribution in [0.5, 0.6) is 5.75 Å². The average molecular weight is 287 g/mol. The zero-order valence-corrected chi connectivity index (χ0v) is 12.8. The molecule has 0 radical (unpaired) electrons. The van der Waals surface area contributed by atoms with E-state index in [-0.39, 0.29) is 0 Å². The van der Waals surface area contributed by atoms with Crippen molar-refractivity contribution in [3.63, 3.8) is 0 Å². The summed E-state index contributed by atoms with van der Waals surface area (Å²) in [5, 5.41) is 12.3. The number of nitriles is 1. The van der Waals surface area contributed by atoms with Crippen molar-refractivity contribution >= 4 is 0 Å². The number of ether oxygens (including phenoxy) is 1. The zero-order chi connectivity index (χ0) is 14.9. The van der Waals surface area contributed by atoms with Crippen molar-refractivity contribution in [2.45, 2.75) is 32.2 Å². The Hall–Kier alpha value is -1.57. The average Bonchev–Trinajstić information content (AvgIpc) is 3.01. The maximum Gasteiger partial charge on any atom is 0.119 e. The van der Waals surface area contributed by atoms with Gasteiger partial charge in [-0.3, -0.25) is 4.90 Å². The van der Waals surface area contributed by atoms with Crippen LogP contribution in [0.1, 0.15) is 31.7 Å². The predicted molar refractivity (Wildman–Crippen MR) is 84.4 cm³/mol. The maximum atomic E-state index is 8.77. The predicted octanol–water partition coefficient (Wildman–Crippen LogP) is 2.40. The summed E-state index contributed by atoms with van der Waals surface area (Å²) in [6, 6.07) is 10.1. The molecule has 4 heteroatoms. The van der Waals surface area contributed by atoms with Crippen LogP contribution in [0.3, 0.4) is 0 Å². The molecule has 1 aliphatic heterocycles. The fraction of sp³-hybridized carbons (Fsp3) is 0.588. The van der Waals surface area contributed by atoms with E-state index in [0.29, 0.717) is 18.2 Å². The highest BCUT2D eigenvalue weighted by Crippen LogP contribution is 2.12.